The van der Waals surface area contributed by atoms with E-state index in [1.54, 1.807) is 19.2 Å². The Labute approximate surface area is 156 Å². The molecule has 140 valence electrons. The summed E-state index contributed by atoms with van der Waals surface area (Å²) in [5.41, 5.74) is 3.82. The van der Waals surface area contributed by atoms with E-state index < -0.39 is 0 Å². The minimum atomic E-state index is 0.486. The quantitative estimate of drug-likeness (QED) is 0.421. The van der Waals surface area contributed by atoms with Gasteiger partial charge in [-0.25, -0.2) is 0 Å². The van der Waals surface area contributed by atoms with Crippen molar-refractivity contribution in [1.82, 2.24) is 0 Å². The van der Waals surface area contributed by atoms with Crippen LogP contribution in [-0.4, -0.2) is 20.0 Å². The zero-order valence-electron chi connectivity index (χ0n) is 16.3. The molecule has 0 bridgehead atoms. The highest BCUT2D eigenvalue weighted by atomic mass is 16.5. The lowest BCUT2D eigenvalue weighted by molar-refractivity contribution is 0.112. The van der Waals surface area contributed by atoms with Gasteiger partial charge in [-0.1, -0.05) is 25.8 Å². The van der Waals surface area contributed by atoms with E-state index in [-0.39, 0.29) is 0 Å². The fourth-order valence-corrected chi connectivity index (χ4v) is 2.79. The fourth-order valence-electron chi connectivity index (χ4n) is 2.79. The topological polar surface area (TPSA) is 44.8 Å². The van der Waals surface area contributed by atoms with E-state index in [4.69, 9.17) is 14.2 Å². The van der Waals surface area contributed by atoms with Crippen LogP contribution in [0.15, 0.2) is 24.3 Å². The first-order valence-corrected chi connectivity index (χ1v) is 9.05. The number of aryl methyl sites for hydroxylation is 2. The molecule has 0 aliphatic carbocycles. The molecule has 4 nitrogen and oxygen atoms in total. The standard InChI is InChI=1S/C22H28O4/c1-6-7-8-9-25-22-20(24-5)12-18(14-23)13-21(22)26-19-11-15(2)10-16(3)17(19)4/h10-14H,6-9H2,1-5H3. The number of hydrogen-bond donors (Lipinski definition) is 0. The van der Waals surface area contributed by atoms with E-state index in [1.165, 1.54) is 0 Å². The lowest BCUT2D eigenvalue weighted by Gasteiger charge is -2.18. The van der Waals surface area contributed by atoms with Crippen molar-refractivity contribution in [3.05, 3.63) is 46.5 Å². The van der Waals surface area contributed by atoms with Crippen LogP contribution in [0.5, 0.6) is 23.0 Å². The number of rotatable bonds is 9. The van der Waals surface area contributed by atoms with Gasteiger partial charge >= 0.3 is 0 Å². The maximum atomic E-state index is 11.3. The zero-order valence-corrected chi connectivity index (χ0v) is 16.3. The van der Waals surface area contributed by atoms with E-state index in [1.807, 2.05) is 19.9 Å². The van der Waals surface area contributed by atoms with Crippen molar-refractivity contribution >= 4 is 6.29 Å². The van der Waals surface area contributed by atoms with Gasteiger partial charge in [0.05, 0.1) is 13.7 Å². The summed E-state index contributed by atoms with van der Waals surface area (Å²) in [4.78, 5) is 11.3. The van der Waals surface area contributed by atoms with Crippen molar-refractivity contribution in [3.8, 4) is 23.0 Å². The van der Waals surface area contributed by atoms with Crippen molar-refractivity contribution in [2.75, 3.05) is 13.7 Å². The van der Waals surface area contributed by atoms with Crippen LogP contribution in [0.25, 0.3) is 0 Å². The summed E-state index contributed by atoms with van der Waals surface area (Å²) in [5.74, 6) is 2.29. The van der Waals surface area contributed by atoms with E-state index in [0.29, 0.717) is 29.4 Å². The Hall–Kier alpha value is -2.49. The number of carbonyl (C=O) groups excluding carboxylic acids is 1. The Balaban J connectivity index is 2.42. The first-order chi connectivity index (χ1) is 12.5. The van der Waals surface area contributed by atoms with Crippen LogP contribution in [0.1, 0.15) is 53.2 Å². The largest absolute Gasteiger partial charge is 0.493 e. The van der Waals surface area contributed by atoms with Crippen LogP contribution >= 0.6 is 0 Å². The molecular formula is C22H28O4. The molecular weight excluding hydrogens is 328 g/mol. The van der Waals surface area contributed by atoms with E-state index in [0.717, 1.165) is 48.0 Å². The first-order valence-electron chi connectivity index (χ1n) is 9.05. The Morgan fingerprint density at radius 3 is 2.35 bits per heavy atom. The van der Waals surface area contributed by atoms with Crippen molar-refractivity contribution in [2.24, 2.45) is 0 Å². The molecule has 0 fully saturated rings. The molecule has 0 spiro atoms. The smallest absolute Gasteiger partial charge is 0.204 e. The number of methoxy groups -OCH3 is 1. The van der Waals surface area contributed by atoms with Gasteiger partial charge in [0.15, 0.2) is 11.5 Å². The second-order valence-corrected chi connectivity index (χ2v) is 6.53. The third-order valence-electron chi connectivity index (χ3n) is 4.38. The van der Waals surface area contributed by atoms with Crippen LogP contribution in [0.3, 0.4) is 0 Å². The summed E-state index contributed by atoms with van der Waals surface area (Å²) in [6.45, 7) is 8.83. The Morgan fingerprint density at radius 1 is 0.962 bits per heavy atom. The molecule has 0 unspecified atom stereocenters. The van der Waals surface area contributed by atoms with Crippen LogP contribution in [0.2, 0.25) is 0 Å². The molecule has 0 atom stereocenters. The van der Waals surface area contributed by atoms with Gasteiger partial charge in [0.25, 0.3) is 0 Å². The van der Waals surface area contributed by atoms with Crippen LogP contribution in [-0.2, 0) is 0 Å². The molecule has 0 aliphatic heterocycles. The van der Waals surface area contributed by atoms with Gasteiger partial charge in [-0.15, -0.1) is 0 Å². The van der Waals surface area contributed by atoms with Crippen molar-refractivity contribution < 1.29 is 19.0 Å². The number of benzene rings is 2. The van der Waals surface area contributed by atoms with Gasteiger partial charge in [-0.3, -0.25) is 4.79 Å². The summed E-state index contributed by atoms with van der Waals surface area (Å²) in [6.07, 6.45) is 3.96. The molecule has 26 heavy (non-hydrogen) atoms. The molecule has 0 aliphatic rings. The fraction of sp³-hybridized carbons (Fsp3) is 0.409. The van der Waals surface area contributed by atoms with Crippen LogP contribution in [0.4, 0.5) is 0 Å². The van der Waals surface area contributed by atoms with E-state index in [9.17, 15) is 4.79 Å². The second kappa shape index (κ2) is 9.27. The molecule has 0 N–H and O–H groups in total. The molecule has 0 radical (unpaired) electrons. The van der Waals surface area contributed by atoms with Crippen molar-refractivity contribution in [2.45, 2.75) is 47.0 Å². The maximum Gasteiger partial charge on any atom is 0.204 e. The predicted molar refractivity (Wildman–Crippen MR) is 104 cm³/mol. The van der Waals surface area contributed by atoms with Gasteiger partial charge in [-0.05, 0) is 62.1 Å². The van der Waals surface area contributed by atoms with Gasteiger partial charge in [-0.2, -0.15) is 0 Å². The van der Waals surface area contributed by atoms with Gasteiger partial charge in [0, 0.05) is 5.56 Å². The Morgan fingerprint density at radius 2 is 1.69 bits per heavy atom. The minimum Gasteiger partial charge on any atom is -0.493 e. The highest BCUT2D eigenvalue weighted by Crippen LogP contribution is 2.42. The monoisotopic (exact) mass is 356 g/mol. The van der Waals surface area contributed by atoms with E-state index >= 15 is 0 Å². The third-order valence-corrected chi connectivity index (χ3v) is 4.38. The molecule has 0 saturated carbocycles. The number of unbranched alkanes of at least 4 members (excludes halogenated alkanes) is 2. The predicted octanol–water partition coefficient (Wildman–Crippen LogP) is 5.79. The van der Waals surface area contributed by atoms with Crippen LogP contribution in [0, 0.1) is 20.8 Å². The molecule has 0 saturated heterocycles. The molecule has 2 rings (SSSR count). The van der Waals surface area contributed by atoms with Crippen molar-refractivity contribution in [3.63, 3.8) is 0 Å². The van der Waals surface area contributed by atoms with Gasteiger partial charge in [0.1, 0.15) is 12.0 Å². The average Bonchev–Trinajstić information content (AvgIpc) is 2.63. The van der Waals surface area contributed by atoms with Gasteiger partial charge < -0.3 is 14.2 Å². The third kappa shape index (κ3) is 4.78. The second-order valence-electron chi connectivity index (χ2n) is 6.53. The summed E-state index contributed by atoms with van der Waals surface area (Å²) >= 11 is 0. The summed E-state index contributed by atoms with van der Waals surface area (Å²) in [5, 5.41) is 0. The highest BCUT2D eigenvalue weighted by molar-refractivity contribution is 5.78. The maximum absolute atomic E-state index is 11.3. The number of carbonyl (C=O) groups is 1. The van der Waals surface area contributed by atoms with Crippen molar-refractivity contribution in [1.29, 1.82) is 0 Å². The molecule has 0 amide bonds. The average molecular weight is 356 g/mol. The number of aldehydes is 1. The van der Waals surface area contributed by atoms with Gasteiger partial charge in [0.2, 0.25) is 5.75 Å². The lowest BCUT2D eigenvalue weighted by atomic mass is 10.1. The zero-order chi connectivity index (χ0) is 19.1. The number of ether oxygens (including phenoxy) is 3. The highest BCUT2D eigenvalue weighted by Gasteiger charge is 2.17. The van der Waals surface area contributed by atoms with Crippen LogP contribution < -0.4 is 14.2 Å². The summed E-state index contributed by atoms with van der Waals surface area (Å²) in [7, 11) is 1.56. The molecule has 0 aromatic heterocycles. The molecule has 2 aromatic carbocycles. The minimum absolute atomic E-state index is 0.486. The molecule has 0 heterocycles. The summed E-state index contributed by atoms with van der Waals surface area (Å²) < 4.78 is 17.6. The number of hydrogen-bond acceptors (Lipinski definition) is 4. The molecule has 4 heteroatoms. The molecule has 2 aromatic rings. The Kier molecular flexibility index (Phi) is 7.07. The summed E-state index contributed by atoms with van der Waals surface area (Å²) in [6, 6.07) is 7.47. The Bertz CT molecular complexity index is 765. The lowest BCUT2D eigenvalue weighted by Crippen LogP contribution is -2.03. The normalized spacial score (nSPS) is 10.5. The SMILES string of the molecule is CCCCCOc1c(OC)cc(C=O)cc1Oc1cc(C)cc(C)c1C. The van der Waals surface area contributed by atoms with E-state index in [2.05, 4.69) is 19.9 Å². The first kappa shape index (κ1) is 19.8.